The molecule has 0 fully saturated rings. The molecule has 1 heterocycles. The summed E-state index contributed by atoms with van der Waals surface area (Å²) in [6.07, 6.45) is 17.0. The van der Waals surface area contributed by atoms with Crippen LogP contribution in [-0.2, 0) is 4.74 Å². The minimum absolute atomic E-state index is 0.0311. The van der Waals surface area contributed by atoms with Crippen LogP contribution in [0.25, 0.3) is 0 Å². The van der Waals surface area contributed by atoms with Crippen molar-refractivity contribution in [2.45, 2.75) is 55.0 Å². The van der Waals surface area contributed by atoms with Crippen molar-refractivity contribution in [2.24, 2.45) is 0 Å². The summed E-state index contributed by atoms with van der Waals surface area (Å²) >= 11 is 10.1. The Morgan fingerprint density at radius 3 is 2.78 bits per heavy atom. The molecule has 0 amide bonds. The molecule has 1 rings (SSSR count). The van der Waals surface area contributed by atoms with Crippen LogP contribution >= 0.6 is 27.5 Å². The van der Waals surface area contributed by atoms with Crippen molar-refractivity contribution >= 4 is 27.5 Å². The van der Waals surface area contributed by atoms with Gasteiger partial charge in [-0.05, 0) is 31.8 Å². The summed E-state index contributed by atoms with van der Waals surface area (Å²) in [5, 5.41) is -0.0311. The Hall–Kier alpha value is -0.230. The Balaban J connectivity index is 2.56. The number of alkyl halides is 2. The first kappa shape index (κ1) is 15.8. The van der Waals surface area contributed by atoms with Crippen LogP contribution in [0.2, 0.25) is 0 Å². The van der Waals surface area contributed by atoms with Crippen molar-refractivity contribution in [2.75, 3.05) is 0 Å². The maximum absolute atomic E-state index is 6.39. The zero-order valence-corrected chi connectivity index (χ0v) is 13.0. The van der Waals surface area contributed by atoms with Crippen molar-refractivity contribution in [1.82, 2.24) is 0 Å². The molecule has 18 heavy (non-hydrogen) atoms. The van der Waals surface area contributed by atoms with Gasteiger partial charge in [0.2, 0.25) is 0 Å². The second-order valence-electron chi connectivity index (χ2n) is 4.40. The van der Waals surface area contributed by atoms with Gasteiger partial charge in [0.05, 0.1) is 17.6 Å². The first-order valence-corrected chi connectivity index (χ1v) is 7.74. The van der Waals surface area contributed by atoms with Gasteiger partial charge in [-0.2, -0.15) is 0 Å². The minimum atomic E-state index is -0.0311. The first-order chi connectivity index (χ1) is 8.69. The lowest BCUT2D eigenvalue weighted by atomic mass is 10.1. The van der Waals surface area contributed by atoms with Crippen molar-refractivity contribution < 1.29 is 4.74 Å². The molecule has 0 aromatic heterocycles. The van der Waals surface area contributed by atoms with Gasteiger partial charge < -0.3 is 4.74 Å². The number of ether oxygens (including phenoxy) is 1. The molecule has 100 valence electrons. The summed E-state index contributed by atoms with van der Waals surface area (Å²) in [6, 6.07) is 0. The van der Waals surface area contributed by atoms with E-state index in [9.17, 15) is 0 Å². The van der Waals surface area contributed by atoms with Crippen LogP contribution in [0, 0.1) is 12.3 Å². The third-order valence-corrected chi connectivity index (χ3v) is 4.72. The fourth-order valence-corrected chi connectivity index (χ4v) is 2.55. The summed E-state index contributed by atoms with van der Waals surface area (Å²) in [5.74, 6) is 2.47. The quantitative estimate of drug-likeness (QED) is 0.411. The van der Waals surface area contributed by atoms with E-state index in [1.165, 1.54) is 0 Å². The van der Waals surface area contributed by atoms with Gasteiger partial charge in [-0.25, -0.2) is 0 Å². The van der Waals surface area contributed by atoms with E-state index < -0.39 is 0 Å². The van der Waals surface area contributed by atoms with Crippen LogP contribution in [0.1, 0.15) is 32.6 Å². The fourth-order valence-electron chi connectivity index (χ4n) is 1.94. The molecule has 0 aromatic rings. The van der Waals surface area contributed by atoms with Gasteiger partial charge >= 0.3 is 0 Å². The Morgan fingerprint density at radius 2 is 2.17 bits per heavy atom. The molecule has 3 heteroatoms. The van der Waals surface area contributed by atoms with E-state index in [-0.39, 0.29) is 17.6 Å². The van der Waals surface area contributed by atoms with Crippen LogP contribution in [0.3, 0.4) is 0 Å². The zero-order chi connectivity index (χ0) is 13.4. The minimum Gasteiger partial charge on any atom is -0.372 e. The summed E-state index contributed by atoms with van der Waals surface area (Å²) < 4.78 is 6.13. The molecule has 1 aliphatic heterocycles. The molecule has 0 N–H and O–H groups in total. The van der Waals surface area contributed by atoms with E-state index in [0.29, 0.717) is 4.83 Å². The lowest BCUT2D eigenvalue weighted by Gasteiger charge is -2.27. The van der Waals surface area contributed by atoms with Gasteiger partial charge in [-0.3, -0.25) is 0 Å². The second kappa shape index (κ2) is 8.80. The average molecular weight is 332 g/mol. The highest BCUT2D eigenvalue weighted by Gasteiger charge is 2.27. The second-order valence-corrected chi connectivity index (χ2v) is 6.14. The molecule has 0 spiro atoms. The predicted octanol–water partition coefficient (Wildman–Crippen LogP) is 4.45. The lowest BCUT2D eigenvalue weighted by molar-refractivity contribution is -0.00662. The maximum Gasteiger partial charge on any atom is 0.0780 e. The molecule has 4 atom stereocenters. The third-order valence-electron chi connectivity index (χ3n) is 3.03. The molecule has 3 unspecified atom stereocenters. The molecule has 0 aliphatic carbocycles. The standard InChI is InChI=1S/C15H20BrClO/c1-3-5-6-9-13(17)15-11-8-7-10-14(18-15)12(16)4-2/h1,5-8,12-15H,4,9-11H2,2H3/b6-5+/t12?,13-,14?,15?/m1/s1. The summed E-state index contributed by atoms with van der Waals surface area (Å²) in [4.78, 5) is 0.382. The number of terminal acetylenes is 1. The van der Waals surface area contributed by atoms with Gasteiger partial charge in [-0.15, -0.1) is 18.0 Å². The summed E-state index contributed by atoms with van der Waals surface area (Å²) in [7, 11) is 0. The van der Waals surface area contributed by atoms with Crippen LogP contribution in [0.5, 0.6) is 0 Å². The van der Waals surface area contributed by atoms with E-state index in [0.717, 1.165) is 25.7 Å². The van der Waals surface area contributed by atoms with Gasteiger partial charge in [0, 0.05) is 4.83 Å². The Morgan fingerprint density at radius 1 is 1.50 bits per heavy atom. The molecule has 0 saturated carbocycles. The Labute approximate surface area is 124 Å². The van der Waals surface area contributed by atoms with Crippen molar-refractivity contribution in [3.8, 4) is 12.3 Å². The largest absolute Gasteiger partial charge is 0.372 e. The van der Waals surface area contributed by atoms with Gasteiger partial charge in [0.15, 0.2) is 0 Å². The van der Waals surface area contributed by atoms with Crippen LogP contribution in [0.4, 0.5) is 0 Å². The van der Waals surface area contributed by atoms with E-state index in [4.69, 9.17) is 22.8 Å². The first-order valence-electron chi connectivity index (χ1n) is 6.38. The van der Waals surface area contributed by atoms with E-state index in [1.807, 2.05) is 6.08 Å². The molecule has 1 nitrogen and oxygen atoms in total. The molecular weight excluding hydrogens is 312 g/mol. The molecule has 0 radical (unpaired) electrons. The topological polar surface area (TPSA) is 9.23 Å². The number of hydrogen-bond donors (Lipinski definition) is 0. The number of hydrogen-bond acceptors (Lipinski definition) is 1. The molecule has 1 aliphatic rings. The molecule has 0 bridgehead atoms. The van der Waals surface area contributed by atoms with E-state index >= 15 is 0 Å². The molecule has 0 aromatic carbocycles. The average Bonchev–Trinajstić information content (AvgIpc) is 2.63. The van der Waals surface area contributed by atoms with Crippen molar-refractivity contribution in [3.05, 3.63) is 24.3 Å². The van der Waals surface area contributed by atoms with Gasteiger partial charge in [0.1, 0.15) is 0 Å². The third kappa shape index (κ3) is 5.18. The van der Waals surface area contributed by atoms with Crippen LogP contribution in [-0.4, -0.2) is 22.4 Å². The summed E-state index contributed by atoms with van der Waals surface area (Å²) in [5.41, 5.74) is 0. The molecule has 0 saturated heterocycles. The number of rotatable bonds is 5. The smallest absolute Gasteiger partial charge is 0.0780 e. The Bertz CT molecular complexity index is 332. The maximum atomic E-state index is 6.39. The fraction of sp³-hybridized carbons (Fsp3) is 0.600. The SMILES string of the molecule is C#C/C=C/C[C@@H](Cl)C1CC=CCC(C(Br)CC)O1. The number of halogens is 2. The monoisotopic (exact) mass is 330 g/mol. The van der Waals surface area contributed by atoms with Crippen molar-refractivity contribution in [1.29, 1.82) is 0 Å². The summed E-state index contributed by atoms with van der Waals surface area (Å²) in [6.45, 7) is 2.15. The Kier molecular flexibility index (Phi) is 7.74. The predicted molar refractivity (Wildman–Crippen MR) is 82.3 cm³/mol. The van der Waals surface area contributed by atoms with Gasteiger partial charge in [0.25, 0.3) is 0 Å². The normalized spacial score (nSPS) is 27.7. The van der Waals surface area contributed by atoms with E-state index in [1.54, 1.807) is 6.08 Å². The zero-order valence-electron chi connectivity index (χ0n) is 10.7. The van der Waals surface area contributed by atoms with Crippen molar-refractivity contribution in [3.63, 3.8) is 0 Å². The lowest BCUT2D eigenvalue weighted by Crippen LogP contribution is -2.32. The van der Waals surface area contributed by atoms with Crippen LogP contribution < -0.4 is 0 Å². The van der Waals surface area contributed by atoms with Gasteiger partial charge in [-0.1, -0.05) is 47.0 Å². The molecular formula is C15H20BrClO. The highest BCUT2D eigenvalue weighted by atomic mass is 79.9. The van der Waals surface area contributed by atoms with E-state index in [2.05, 4.69) is 40.9 Å². The number of allylic oxidation sites excluding steroid dienone is 2. The highest BCUT2D eigenvalue weighted by molar-refractivity contribution is 9.09. The highest BCUT2D eigenvalue weighted by Crippen LogP contribution is 2.26. The van der Waals surface area contributed by atoms with Crippen LogP contribution in [0.15, 0.2) is 24.3 Å².